The summed E-state index contributed by atoms with van der Waals surface area (Å²) in [6.45, 7) is 4.19. The van der Waals surface area contributed by atoms with Gasteiger partial charge in [0.05, 0.1) is 11.0 Å². The Morgan fingerprint density at radius 2 is 1.84 bits per heavy atom. The monoisotopic (exact) mass is 268 g/mol. The maximum absolute atomic E-state index is 12.3. The zero-order chi connectivity index (χ0) is 13.8. The van der Waals surface area contributed by atoms with Gasteiger partial charge in [-0.15, -0.1) is 0 Å². The minimum absolute atomic E-state index is 0.0948. The van der Waals surface area contributed by atoms with Crippen LogP contribution in [0.25, 0.3) is 0 Å². The molecule has 4 heteroatoms. The molecule has 0 aromatic rings. The summed E-state index contributed by atoms with van der Waals surface area (Å²) in [5.41, 5.74) is -0.982. The van der Waals surface area contributed by atoms with E-state index in [2.05, 4.69) is 10.6 Å². The highest BCUT2D eigenvalue weighted by Crippen LogP contribution is 2.28. The van der Waals surface area contributed by atoms with E-state index in [1.165, 1.54) is 12.8 Å². The van der Waals surface area contributed by atoms with Crippen LogP contribution in [0, 0.1) is 5.41 Å². The molecule has 19 heavy (non-hydrogen) atoms. The summed E-state index contributed by atoms with van der Waals surface area (Å²) < 4.78 is 0. The maximum atomic E-state index is 12.3. The Morgan fingerprint density at radius 3 is 2.42 bits per heavy atom. The number of rotatable bonds is 3. The van der Waals surface area contributed by atoms with Crippen LogP contribution in [0.15, 0.2) is 0 Å². The minimum atomic E-state index is -0.676. The molecule has 2 fully saturated rings. The Hall–Kier alpha value is -0.610. The molecule has 1 unspecified atom stereocenters. The third-order valence-electron chi connectivity index (χ3n) is 4.76. The summed E-state index contributed by atoms with van der Waals surface area (Å²) in [5, 5.41) is 16.8. The van der Waals surface area contributed by atoms with Gasteiger partial charge in [0.25, 0.3) is 0 Å². The van der Waals surface area contributed by atoms with Crippen LogP contribution in [0.3, 0.4) is 0 Å². The Balaban J connectivity index is 1.84. The van der Waals surface area contributed by atoms with Crippen LogP contribution in [0.1, 0.15) is 58.3 Å². The molecule has 3 N–H and O–H groups in total. The molecule has 0 bridgehead atoms. The lowest BCUT2D eigenvalue weighted by Crippen LogP contribution is -2.52. The number of carbonyl (C=O) groups excluding carboxylic acids is 1. The highest BCUT2D eigenvalue weighted by molar-refractivity contribution is 5.82. The Kier molecular flexibility index (Phi) is 4.85. The zero-order valence-electron chi connectivity index (χ0n) is 12.1. The van der Waals surface area contributed by atoms with E-state index in [1.807, 2.05) is 6.92 Å². The predicted octanol–water partition coefficient (Wildman–Crippen LogP) is 1.58. The molecule has 0 radical (unpaired) electrons. The number of hydrogen-bond donors (Lipinski definition) is 3. The first-order chi connectivity index (χ1) is 9.04. The molecule has 0 spiro atoms. The van der Waals surface area contributed by atoms with Gasteiger partial charge in [-0.3, -0.25) is 4.79 Å². The van der Waals surface area contributed by atoms with Crippen LogP contribution in [0.4, 0.5) is 0 Å². The van der Waals surface area contributed by atoms with Crippen LogP contribution < -0.4 is 10.6 Å². The maximum Gasteiger partial charge on any atom is 0.227 e. The van der Waals surface area contributed by atoms with Crippen LogP contribution in [0.5, 0.6) is 0 Å². The van der Waals surface area contributed by atoms with Gasteiger partial charge in [-0.05, 0) is 39.2 Å². The molecule has 2 rings (SSSR count). The summed E-state index contributed by atoms with van der Waals surface area (Å²) in [5.74, 6) is 0.0948. The van der Waals surface area contributed by atoms with Crippen molar-refractivity contribution in [3.63, 3.8) is 0 Å². The van der Waals surface area contributed by atoms with Gasteiger partial charge in [0, 0.05) is 13.1 Å². The molecule has 0 aromatic carbocycles. The van der Waals surface area contributed by atoms with Gasteiger partial charge >= 0.3 is 0 Å². The summed E-state index contributed by atoms with van der Waals surface area (Å²) in [6, 6.07) is 0. The number of hydrogen-bond acceptors (Lipinski definition) is 3. The summed E-state index contributed by atoms with van der Waals surface area (Å²) in [7, 11) is 0. The second-order valence-electron chi connectivity index (χ2n) is 6.66. The molecule has 1 saturated carbocycles. The van der Waals surface area contributed by atoms with Crippen molar-refractivity contribution in [1.29, 1.82) is 0 Å². The van der Waals surface area contributed by atoms with E-state index in [1.54, 1.807) is 0 Å². The van der Waals surface area contributed by atoms with Crippen molar-refractivity contribution in [1.82, 2.24) is 10.6 Å². The normalized spacial score (nSPS) is 31.5. The number of aliphatic hydroxyl groups is 1. The van der Waals surface area contributed by atoms with Crippen molar-refractivity contribution in [3.8, 4) is 0 Å². The van der Waals surface area contributed by atoms with E-state index in [4.69, 9.17) is 0 Å². The topological polar surface area (TPSA) is 61.4 Å². The molecule has 110 valence electrons. The molecule has 1 aliphatic heterocycles. The lowest BCUT2D eigenvalue weighted by atomic mass is 9.81. The SMILES string of the molecule is CC1(C(=O)NCC2(O)CCCCCC2)CCCNC1. The molecule has 1 atom stereocenters. The lowest BCUT2D eigenvalue weighted by Gasteiger charge is -2.34. The van der Waals surface area contributed by atoms with Crippen LogP contribution in [0.2, 0.25) is 0 Å². The molecule has 1 aliphatic carbocycles. The van der Waals surface area contributed by atoms with Crippen molar-refractivity contribution in [3.05, 3.63) is 0 Å². The smallest absolute Gasteiger partial charge is 0.227 e. The Labute approximate surface area is 116 Å². The molecule has 4 nitrogen and oxygen atoms in total. The van der Waals surface area contributed by atoms with E-state index in [-0.39, 0.29) is 11.3 Å². The fourth-order valence-electron chi connectivity index (χ4n) is 3.27. The second kappa shape index (κ2) is 6.23. The highest BCUT2D eigenvalue weighted by atomic mass is 16.3. The number of nitrogens with one attached hydrogen (secondary N) is 2. The highest BCUT2D eigenvalue weighted by Gasteiger charge is 2.36. The van der Waals surface area contributed by atoms with Gasteiger partial charge in [-0.25, -0.2) is 0 Å². The van der Waals surface area contributed by atoms with Crippen molar-refractivity contribution in [2.24, 2.45) is 5.41 Å². The quantitative estimate of drug-likeness (QED) is 0.681. The fourth-order valence-corrected chi connectivity index (χ4v) is 3.27. The minimum Gasteiger partial charge on any atom is -0.388 e. The Bertz CT molecular complexity index is 303. The molecular weight excluding hydrogens is 240 g/mol. The average Bonchev–Trinajstić information content (AvgIpc) is 2.62. The average molecular weight is 268 g/mol. The van der Waals surface area contributed by atoms with Crippen LogP contribution >= 0.6 is 0 Å². The van der Waals surface area contributed by atoms with E-state index in [0.29, 0.717) is 6.54 Å². The van der Waals surface area contributed by atoms with Gasteiger partial charge in [0.15, 0.2) is 0 Å². The van der Waals surface area contributed by atoms with Gasteiger partial charge < -0.3 is 15.7 Å². The van der Waals surface area contributed by atoms with E-state index in [0.717, 1.165) is 51.6 Å². The first-order valence-electron chi connectivity index (χ1n) is 7.76. The Morgan fingerprint density at radius 1 is 1.16 bits per heavy atom. The molecule has 0 aromatic heterocycles. The van der Waals surface area contributed by atoms with Crippen molar-refractivity contribution >= 4 is 5.91 Å². The standard InChI is InChI=1S/C15H28N2O2/c1-14(7-6-10-16-11-14)13(18)17-12-15(19)8-4-2-3-5-9-15/h16,19H,2-12H2,1H3,(H,17,18). The fraction of sp³-hybridized carbons (Fsp3) is 0.933. The number of piperidine rings is 1. The molecule has 2 aliphatic rings. The summed E-state index contributed by atoms with van der Waals surface area (Å²) in [4.78, 5) is 12.3. The van der Waals surface area contributed by atoms with Crippen molar-refractivity contribution in [2.75, 3.05) is 19.6 Å². The first-order valence-corrected chi connectivity index (χ1v) is 7.76. The van der Waals surface area contributed by atoms with E-state index in [9.17, 15) is 9.90 Å². The molecule has 1 amide bonds. The van der Waals surface area contributed by atoms with E-state index >= 15 is 0 Å². The second-order valence-corrected chi connectivity index (χ2v) is 6.66. The third-order valence-corrected chi connectivity index (χ3v) is 4.76. The molecule has 1 saturated heterocycles. The molecular formula is C15H28N2O2. The predicted molar refractivity (Wildman–Crippen MR) is 75.9 cm³/mol. The van der Waals surface area contributed by atoms with Gasteiger partial charge in [-0.2, -0.15) is 0 Å². The van der Waals surface area contributed by atoms with Crippen LogP contribution in [-0.4, -0.2) is 36.2 Å². The number of amides is 1. The van der Waals surface area contributed by atoms with Gasteiger partial charge in [0.2, 0.25) is 5.91 Å². The number of carbonyl (C=O) groups is 1. The molecule has 1 heterocycles. The zero-order valence-corrected chi connectivity index (χ0v) is 12.1. The van der Waals surface area contributed by atoms with Crippen LogP contribution in [-0.2, 0) is 4.79 Å². The van der Waals surface area contributed by atoms with Crippen molar-refractivity contribution < 1.29 is 9.90 Å². The van der Waals surface area contributed by atoms with Gasteiger partial charge in [-0.1, -0.05) is 25.7 Å². The first kappa shape index (κ1) is 14.8. The third kappa shape index (κ3) is 3.93. The summed E-state index contributed by atoms with van der Waals surface area (Å²) >= 11 is 0. The lowest BCUT2D eigenvalue weighted by molar-refractivity contribution is -0.132. The summed E-state index contributed by atoms with van der Waals surface area (Å²) in [6.07, 6.45) is 8.19. The van der Waals surface area contributed by atoms with Gasteiger partial charge in [0.1, 0.15) is 0 Å². The van der Waals surface area contributed by atoms with Crippen molar-refractivity contribution in [2.45, 2.75) is 63.9 Å². The largest absolute Gasteiger partial charge is 0.388 e. The van der Waals surface area contributed by atoms with E-state index < -0.39 is 5.60 Å².